The number of aryl methyl sites for hydroxylation is 1. The Balaban J connectivity index is 2.90. The van der Waals surface area contributed by atoms with Gasteiger partial charge in [-0.2, -0.15) is 0 Å². The van der Waals surface area contributed by atoms with Crippen molar-refractivity contribution in [2.24, 2.45) is 11.5 Å². The second-order valence-electron chi connectivity index (χ2n) is 4.80. The van der Waals surface area contributed by atoms with E-state index in [0.717, 1.165) is 10.9 Å². The second-order valence-corrected chi connectivity index (χ2v) is 5.72. The maximum atomic E-state index is 6.15. The van der Waals surface area contributed by atoms with Crippen molar-refractivity contribution < 1.29 is 0 Å². The highest BCUT2D eigenvalue weighted by atomic mass is 79.9. The van der Waals surface area contributed by atoms with Crippen LogP contribution in [-0.4, -0.2) is 5.54 Å². The first-order valence-electron chi connectivity index (χ1n) is 5.10. The van der Waals surface area contributed by atoms with Gasteiger partial charge in [0.25, 0.3) is 0 Å². The molecule has 1 aromatic carbocycles. The summed E-state index contributed by atoms with van der Waals surface area (Å²) >= 11 is 3.46. The fourth-order valence-corrected chi connectivity index (χ4v) is 2.07. The summed E-state index contributed by atoms with van der Waals surface area (Å²) in [6, 6.07) is 6.18. The third-order valence-electron chi connectivity index (χ3n) is 2.39. The zero-order valence-corrected chi connectivity index (χ0v) is 11.1. The van der Waals surface area contributed by atoms with Crippen molar-refractivity contribution in [3.05, 3.63) is 33.8 Å². The van der Waals surface area contributed by atoms with Crippen molar-refractivity contribution in [2.45, 2.75) is 38.8 Å². The summed E-state index contributed by atoms with van der Waals surface area (Å²) in [5, 5.41) is 0. The zero-order chi connectivity index (χ0) is 11.6. The molecule has 1 rings (SSSR count). The van der Waals surface area contributed by atoms with Crippen LogP contribution in [0, 0.1) is 6.92 Å². The lowest BCUT2D eigenvalue weighted by Gasteiger charge is -2.24. The van der Waals surface area contributed by atoms with E-state index in [0.29, 0.717) is 0 Å². The molecule has 0 aliphatic carbocycles. The van der Waals surface area contributed by atoms with Crippen molar-refractivity contribution in [1.82, 2.24) is 0 Å². The van der Waals surface area contributed by atoms with Gasteiger partial charge in [0.1, 0.15) is 0 Å². The minimum Gasteiger partial charge on any atom is -0.325 e. The Morgan fingerprint density at radius 1 is 1.40 bits per heavy atom. The zero-order valence-electron chi connectivity index (χ0n) is 9.55. The highest BCUT2D eigenvalue weighted by Crippen LogP contribution is 2.25. The van der Waals surface area contributed by atoms with Crippen molar-refractivity contribution in [2.75, 3.05) is 0 Å². The lowest BCUT2D eigenvalue weighted by atomic mass is 9.91. The Bertz CT molecular complexity index is 342. The second kappa shape index (κ2) is 4.64. The number of rotatable bonds is 3. The van der Waals surface area contributed by atoms with Crippen molar-refractivity contribution in [3.63, 3.8) is 0 Å². The molecule has 0 heterocycles. The van der Waals surface area contributed by atoms with Gasteiger partial charge in [-0.25, -0.2) is 0 Å². The van der Waals surface area contributed by atoms with Crippen LogP contribution in [0.25, 0.3) is 0 Å². The molecule has 0 radical (unpaired) electrons. The molecule has 0 aromatic heterocycles. The van der Waals surface area contributed by atoms with Crippen LogP contribution >= 0.6 is 15.9 Å². The Labute approximate surface area is 100 Å². The van der Waals surface area contributed by atoms with E-state index >= 15 is 0 Å². The molecule has 1 aromatic rings. The highest BCUT2D eigenvalue weighted by molar-refractivity contribution is 9.10. The summed E-state index contributed by atoms with van der Waals surface area (Å²) in [7, 11) is 0. The quantitative estimate of drug-likeness (QED) is 0.888. The molecule has 0 saturated heterocycles. The van der Waals surface area contributed by atoms with Gasteiger partial charge in [0, 0.05) is 16.1 Å². The van der Waals surface area contributed by atoms with Gasteiger partial charge in [-0.1, -0.05) is 22.0 Å². The number of hydrogen-bond donors (Lipinski definition) is 2. The summed E-state index contributed by atoms with van der Waals surface area (Å²) in [6.07, 6.45) is 0.782. The van der Waals surface area contributed by atoms with Crippen LogP contribution in [-0.2, 0) is 0 Å². The minimum atomic E-state index is -0.228. The number of nitrogens with two attached hydrogens (primary N) is 2. The van der Waals surface area contributed by atoms with Gasteiger partial charge in [0.15, 0.2) is 0 Å². The summed E-state index contributed by atoms with van der Waals surface area (Å²) in [4.78, 5) is 0. The Morgan fingerprint density at radius 3 is 2.53 bits per heavy atom. The van der Waals surface area contributed by atoms with E-state index < -0.39 is 0 Å². The molecule has 2 nitrogen and oxygen atoms in total. The molecular formula is C12H19BrN2. The topological polar surface area (TPSA) is 52.0 Å². The maximum absolute atomic E-state index is 6.15. The summed E-state index contributed by atoms with van der Waals surface area (Å²) in [5.74, 6) is 0. The molecule has 84 valence electrons. The predicted molar refractivity (Wildman–Crippen MR) is 68.7 cm³/mol. The molecule has 3 heteroatoms. The average molecular weight is 271 g/mol. The highest BCUT2D eigenvalue weighted by Gasteiger charge is 2.18. The maximum Gasteiger partial charge on any atom is 0.0315 e. The lowest BCUT2D eigenvalue weighted by Crippen LogP contribution is -2.36. The first-order valence-corrected chi connectivity index (χ1v) is 5.89. The van der Waals surface area contributed by atoms with Gasteiger partial charge in [0.2, 0.25) is 0 Å². The molecule has 0 amide bonds. The van der Waals surface area contributed by atoms with E-state index in [4.69, 9.17) is 11.5 Å². The van der Waals surface area contributed by atoms with E-state index in [1.807, 2.05) is 19.9 Å². The number of benzene rings is 1. The largest absolute Gasteiger partial charge is 0.325 e. The third-order valence-corrected chi connectivity index (χ3v) is 2.88. The molecule has 0 aliphatic rings. The Morgan fingerprint density at radius 2 is 2.00 bits per heavy atom. The van der Waals surface area contributed by atoms with E-state index in [-0.39, 0.29) is 11.6 Å². The van der Waals surface area contributed by atoms with Gasteiger partial charge in [-0.15, -0.1) is 0 Å². The Hall–Kier alpha value is -0.380. The van der Waals surface area contributed by atoms with Gasteiger partial charge in [-0.05, 0) is 50.5 Å². The fourth-order valence-electron chi connectivity index (χ4n) is 1.69. The van der Waals surface area contributed by atoms with Crippen LogP contribution in [0.2, 0.25) is 0 Å². The van der Waals surface area contributed by atoms with Crippen LogP contribution in [0.5, 0.6) is 0 Å². The molecule has 0 aliphatic heterocycles. The van der Waals surface area contributed by atoms with Gasteiger partial charge < -0.3 is 11.5 Å². The molecule has 0 bridgehead atoms. The van der Waals surface area contributed by atoms with Crippen LogP contribution in [0.15, 0.2) is 22.7 Å². The SMILES string of the molecule is Cc1ccc(Br)cc1C(N)CC(C)(C)N. The van der Waals surface area contributed by atoms with Gasteiger partial charge in [0.05, 0.1) is 0 Å². The average Bonchev–Trinajstić information content (AvgIpc) is 2.06. The van der Waals surface area contributed by atoms with Gasteiger partial charge in [-0.3, -0.25) is 0 Å². The van der Waals surface area contributed by atoms with E-state index in [2.05, 4.69) is 35.0 Å². The summed E-state index contributed by atoms with van der Waals surface area (Å²) < 4.78 is 1.06. The summed E-state index contributed by atoms with van der Waals surface area (Å²) in [5.41, 5.74) is 14.3. The van der Waals surface area contributed by atoms with Gasteiger partial charge >= 0.3 is 0 Å². The molecule has 15 heavy (non-hydrogen) atoms. The smallest absolute Gasteiger partial charge is 0.0315 e. The van der Waals surface area contributed by atoms with E-state index in [9.17, 15) is 0 Å². The first-order chi connectivity index (χ1) is 6.79. The molecule has 4 N–H and O–H groups in total. The van der Waals surface area contributed by atoms with Crippen LogP contribution in [0.3, 0.4) is 0 Å². The van der Waals surface area contributed by atoms with Crippen LogP contribution in [0.1, 0.15) is 37.4 Å². The fraction of sp³-hybridized carbons (Fsp3) is 0.500. The first kappa shape index (κ1) is 12.7. The normalized spacial score (nSPS) is 14.0. The number of hydrogen-bond acceptors (Lipinski definition) is 2. The standard InChI is InChI=1S/C12H19BrN2/c1-8-4-5-9(13)6-10(8)11(14)7-12(2,3)15/h4-6,11H,7,14-15H2,1-3H3. The molecule has 1 unspecified atom stereocenters. The van der Waals surface area contributed by atoms with E-state index in [1.54, 1.807) is 0 Å². The van der Waals surface area contributed by atoms with E-state index in [1.165, 1.54) is 11.1 Å². The lowest BCUT2D eigenvalue weighted by molar-refractivity contribution is 0.428. The molecule has 0 fully saturated rings. The monoisotopic (exact) mass is 270 g/mol. The Kier molecular flexibility index (Phi) is 3.93. The summed E-state index contributed by atoms with van der Waals surface area (Å²) in [6.45, 7) is 6.07. The predicted octanol–water partition coefficient (Wildman–Crippen LogP) is 2.88. The minimum absolute atomic E-state index is 0.00231. The van der Waals surface area contributed by atoms with Crippen molar-refractivity contribution in [1.29, 1.82) is 0 Å². The molecular weight excluding hydrogens is 252 g/mol. The van der Waals surface area contributed by atoms with Crippen LogP contribution < -0.4 is 11.5 Å². The number of halogens is 1. The molecule has 1 atom stereocenters. The van der Waals surface area contributed by atoms with Crippen molar-refractivity contribution >= 4 is 15.9 Å². The third kappa shape index (κ3) is 3.93. The van der Waals surface area contributed by atoms with Crippen LogP contribution in [0.4, 0.5) is 0 Å². The molecule has 0 saturated carbocycles. The van der Waals surface area contributed by atoms with Crippen molar-refractivity contribution in [3.8, 4) is 0 Å². The molecule has 0 spiro atoms.